The minimum atomic E-state index is -0.719. The highest BCUT2D eigenvalue weighted by molar-refractivity contribution is 6.05. The molecule has 0 saturated carbocycles. The number of benzene rings is 3. The Morgan fingerprint density at radius 3 is 2.24 bits per heavy atom. The molecule has 1 saturated heterocycles. The van der Waals surface area contributed by atoms with E-state index in [1.54, 1.807) is 0 Å². The van der Waals surface area contributed by atoms with E-state index in [2.05, 4.69) is 85.1 Å². The van der Waals surface area contributed by atoms with Gasteiger partial charge in [-0.25, -0.2) is 0 Å². The molecule has 3 aromatic rings. The number of fused-ring (bicyclic) bond motifs is 3. The van der Waals surface area contributed by atoms with Crippen molar-refractivity contribution in [1.82, 2.24) is 4.90 Å². The number of hydrogen-bond acceptors (Lipinski definition) is 2. The second-order valence-electron chi connectivity index (χ2n) is 9.38. The van der Waals surface area contributed by atoms with Gasteiger partial charge in [-0.3, -0.25) is 9.69 Å². The SMILES string of the molecule is C=CC(c1ccccc1)C(C)(C(=O)N1Cc2ccccc2-c2ccccc21)N1CCCCC1. The van der Waals surface area contributed by atoms with E-state index in [4.69, 9.17) is 0 Å². The monoisotopic (exact) mass is 436 g/mol. The number of nitrogens with zero attached hydrogens (tertiary/aromatic N) is 2. The molecule has 3 aromatic carbocycles. The second-order valence-corrected chi connectivity index (χ2v) is 9.38. The zero-order chi connectivity index (χ0) is 22.8. The molecule has 5 rings (SSSR count). The fraction of sp³-hybridized carbons (Fsp3) is 0.300. The number of likely N-dealkylation sites (tertiary alicyclic amines) is 1. The number of para-hydroxylation sites is 1. The van der Waals surface area contributed by atoms with Gasteiger partial charge in [-0.15, -0.1) is 6.58 Å². The maximum absolute atomic E-state index is 14.7. The van der Waals surface area contributed by atoms with Gasteiger partial charge in [0.05, 0.1) is 12.2 Å². The van der Waals surface area contributed by atoms with Crippen molar-refractivity contribution in [3.8, 4) is 11.1 Å². The summed E-state index contributed by atoms with van der Waals surface area (Å²) < 4.78 is 0. The molecule has 2 aliphatic heterocycles. The molecule has 0 bridgehead atoms. The van der Waals surface area contributed by atoms with Crippen molar-refractivity contribution < 1.29 is 4.79 Å². The molecule has 33 heavy (non-hydrogen) atoms. The van der Waals surface area contributed by atoms with Gasteiger partial charge < -0.3 is 4.90 Å². The van der Waals surface area contributed by atoms with Crippen molar-refractivity contribution in [3.63, 3.8) is 0 Å². The predicted molar refractivity (Wildman–Crippen MR) is 136 cm³/mol. The molecule has 3 heteroatoms. The lowest BCUT2D eigenvalue weighted by Crippen LogP contribution is -2.62. The van der Waals surface area contributed by atoms with E-state index in [1.165, 1.54) is 17.5 Å². The highest BCUT2D eigenvalue weighted by Crippen LogP contribution is 2.43. The molecule has 2 heterocycles. The van der Waals surface area contributed by atoms with Crippen LogP contribution in [0, 0.1) is 0 Å². The Morgan fingerprint density at radius 2 is 1.52 bits per heavy atom. The topological polar surface area (TPSA) is 23.6 Å². The molecule has 3 nitrogen and oxygen atoms in total. The van der Waals surface area contributed by atoms with E-state index in [1.807, 2.05) is 23.1 Å². The van der Waals surface area contributed by atoms with Gasteiger partial charge >= 0.3 is 0 Å². The minimum Gasteiger partial charge on any atom is -0.306 e. The van der Waals surface area contributed by atoms with E-state index in [-0.39, 0.29) is 11.8 Å². The molecule has 2 atom stereocenters. The quantitative estimate of drug-likeness (QED) is 0.431. The summed E-state index contributed by atoms with van der Waals surface area (Å²) in [5, 5.41) is 0. The smallest absolute Gasteiger partial charge is 0.248 e. The molecule has 1 fully saturated rings. The highest BCUT2D eigenvalue weighted by atomic mass is 16.2. The molecule has 168 valence electrons. The third-order valence-corrected chi connectivity index (χ3v) is 7.52. The second kappa shape index (κ2) is 8.99. The van der Waals surface area contributed by atoms with Crippen LogP contribution in [0.3, 0.4) is 0 Å². The minimum absolute atomic E-state index is 0.103. The first-order valence-corrected chi connectivity index (χ1v) is 12.1. The summed E-state index contributed by atoms with van der Waals surface area (Å²) in [4.78, 5) is 19.1. The maximum atomic E-state index is 14.7. The lowest BCUT2D eigenvalue weighted by molar-refractivity contribution is -0.131. The summed E-state index contributed by atoms with van der Waals surface area (Å²) in [6.45, 7) is 8.81. The maximum Gasteiger partial charge on any atom is 0.248 e. The van der Waals surface area contributed by atoms with E-state index in [0.717, 1.165) is 42.7 Å². The van der Waals surface area contributed by atoms with Gasteiger partial charge in [-0.2, -0.15) is 0 Å². The summed E-state index contributed by atoms with van der Waals surface area (Å²) in [5.41, 5.74) is 4.96. The Labute approximate surface area is 197 Å². The Morgan fingerprint density at radius 1 is 0.879 bits per heavy atom. The van der Waals surface area contributed by atoms with Crippen LogP contribution in [-0.4, -0.2) is 29.4 Å². The summed E-state index contributed by atoms with van der Waals surface area (Å²) in [5.74, 6) is 0.0498. The largest absolute Gasteiger partial charge is 0.306 e. The number of amides is 1. The Bertz CT molecular complexity index is 1150. The van der Waals surface area contributed by atoms with Crippen LogP contribution in [-0.2, 0) is 11.3 Å². The van der Waals surface area contributed by atoms with Crippen LogP contribution in [0.4, 0.5) is 5.69 Å². The molecule has 1 amide bonds. The first kappa shape index (κ1) is 21.7. The summed E-state index contributed by atoms with van der Waals surface area (Å²) >= 11 is 0. The van der Waals surface area contributed by atoms with E-state index in [0.29, 0.717) is 6.54 Å². The molecule has 0 aromatic heterocycles. The molecule has 0 aliphatic carbocycles. The standard InChI is InChI=1S/C30H32N2O/c1-3-27(23-14-6-4-7-15-23)30(2,31-20-12-5-13-21-31)29(33)32-22-24-16-8-9-17-25(24)26-18-10-11-19-28(26)32/h3-4,6-11,14-19,27H,1,5,12-13,20-22H2,2H3. The van der Waals surface area contributed by atoms with Gasteiger partial charge in [0.2, 0.25) is 5.91 Å². The third-order valence-electron chi connectivity index (χ3n) is 7.52. The fourth-order valence-electron chi connectivity index (χ4n) is 5.74. The van der Waals surface area contributed by atoms with Gasteiger partial charge in [0.15, 0.2) is 0 Å². The van der Waals surface area contributed by atoms with Crippen LogP contribution in [0.1, 0.15) is 43.2 Å². The molecule has 0 spiro atoms. The molecule has 2 aliphatic rings. The average Bonchev–Trinajstić information content (AvgIpc) is 2.89. The van der Waals surface area contributed by atoms with Crippen LogP contribution in [0.25, 0.3) is 11.1 Å². The van der Waals surface area contributed by atoms with Crippen LogP contribution in [0.15, 0.2) is 91.5 Å². The van der Waals surface area contributed by atoms with Crippen LogP contribution in [0.2, 0.25) is 0 Å². The van der Waals surface area contributed by atoms with Crippen LogP contribution in [0.5, 0.6) is 0 Å². The number of anilines is 1. The molecule has 0 radical (unpaired) electrons. The number of carbonyl (C=O) groups excluding carboxylic acids is 1. The Hall–Kier alpha value is -3.17. The fourth-order valence-corrected chi connectivity index (χ4v) is 5.74. The van der Waals surface area contributed by atoms with Crippen molar-refractivity contribution in [2.24, 2.45) is 0 Å². The first-order valence-electron chi connectivity index (χ1n) is 12.1. The van der Waals surface area contributed by atoms with Crippen molar-refractivity contribution in [3.05, 3.63) is 103 Å². The molecule has 2 unspecified atom stereocenters. The molecule has 0 N–H and O–H groups in total. The predicted octanol–water partition coefficient (Wildman–Crippen LogP) is 6.41. The summed E-state index contributed by atoms with van der Waals surface area (Å²) in [6, 6.07) is 27.2. The van der Waals surface area contributed by atoms with Crippen LogP contribution < -0.4 is 4.90 Å². The van der Waals surface area contributed by atoms with Crippen molar-refractivity contribution in [2.45, 2.75) is 44.2 Å². The van der Waals surface area contributed by atoms with Crippen LogP contribution >= 0.6 is 0 Å². The van der Waals surface area contributed by atoms with Gasteiger partial charge in [0.25, 0.3) is 0 Å². The van der Waals surface area contributed by atoms with E-state index >= 15 is 0 Å². The Kier molecular flexibility index (Phi) is 5.90. The van der Waals surface area contributed by atoms with Gasteiger partial charge in [0.1, 0.15) is 5.54 Å². The lowest BCUT2D eigenvalue weighted by atomic mass is 9.76. The molecular weight excluding hydrogens is 404 g/mol. The van der Waals surface area contributed by atoms with E-state index < -0.39 is 5.54 Å². The first-order chi connectivity index (χ1) is 16.1. The van der Waals surface area contributed by atoms with Crippen molar-refractivity contribution >= 4 is 11.6 Å². The number of piperidine rings is 1. The zero-order valence-electron chi connectivity index (χ0n) is 19.4. The van der Waals surface area contributed by atoms with Gasteiger partial charge in [-0.1, -0.05) is 85.3 Å². The average molecular weight is 437 g/mol. The summed E-state index contributed by atoms with van der Waals surface area (Å²) in [6.07, 6.45) is 5.46. The lowest BCUT2D eigenvalue weighted by Gasteiger charge is -2.49. The van der Waals surface area contributed by atoms with Crippen molar-refractivity contribution in [1.29, 1.82) is 0 Å². The molecular formula is C30H32N2O. The number of rotatable bonds is 5. The third kappa shape index (κ3) is 3.71. The van der Waals surface area contributed by atoms with Crippen molar-refractivity contribution in [2.75, 3.05) is 18.0 Å². The number of hydrogen-bond donors (Lipinski definition) is 0. The Balaban J connectivity index is 1.63. The van der Waals surface area contributed by atoms with Gasteiger partial charge in [-0.05, 0) is 55.6 Å². The number of carbonyl (C=O) groups is 1. The normalized spacial score (nSPS) is 18.5. The van der Waals surface area contributed by atoms with Gasteiger partial charge in [0, 0.05) is 11.5 Å². The summed E-state index contributed by atoms with van der Waals surface area (Å²) in [7, 11) is 0. The van der Waals surface area contributed by atoms with E-state index in [9.17, 15) is 4.79 Å². The zero-order valence-corrected chi connectivity index (χ0v) is 19.4. The highest BCUT2D eigenvalue weighted by Gasteiger charge is 2.49.